The number of hydrogen-bond acceptors (Lipinski definition) is 4. The van der Waals surface area contributed by atoms with Gasteiger partial charge in [0.05, 0.1) is 16.1 Å². The van der Waals surface area contributed by atoms with Crippen LogP contribution in [-0.4, -0.2) is 12.1 Å². The average molecular weight is 408 g/mol. The number of aromatic nitrogens is 1. The third-order valence-electron chi connectivity index (χ3n) is 2.21. The summed E-state index contributed by atoms with van der Waals surface area (Å²) in [7, 11) is 1.59. The molecule has 0 saturated carbocycles. The van der Waals surface area contributed by atoms with Gasteiger partial charge in [0.25, 0.3) is 0 Å². The Balaban J connectivity index is 2.35. The van der Waals surface area contributed by atoms with Crippen LogP contribution in [0.25, 0.3) is 0 Å². The van der Waals surface area contributed by atoms with Crippen LogP contribution in [0.3, 0.4) is 0 Å². The van der Waals surface area contributed by atoms with Crippen molar-refractivity contribution in [1.29, 1.82) is 0 Å². The van der Waals surface area contributed by atoms with E-state index >= 15 is 0 Å². The Morgan fingerprint density at radius 3 is 2.37 bits per heavy atom. The predicted octanol–water partition coefficient (Wildman–Crippen LogP) is 4.64. The van der Waals surface area contributed by atoms with E-state index in [9.17, 15) is 0 Å². The van der Waals surface area contributed by atoms with Crippen LogP contribution in [0, 0.1) is 0 Å². The van der Waals surface area contributed by atoms with Gasteiger partial charge in [-0.2, -0.15) is 0 Å². The number of ether oxygens (including phenoxy) is 2. The molecule has 1 heterocycles. The van der Waals surface area contributed by atoms with Crippen LogP contribution >= 0.6 is 43.5 Å². The van der Waals surface area contributed by atoms with Crippen molar-refractivity contribution in [3.05, 3.63) is 38.4 Å². The van der Waals surface area contributed by atoms with Gasteiger partial charge in [-0.15, -0.1) is 0 Å². The molecular formula is C12H9Br2ClN2O2. The van der Waals surface area contributed by atoms with Gasteiger partial charge in [0.2, 0.25) is 5.88 Å². The summed E-state index contributed by atoms with van der Waals surface area (Å²) in [6, 6.07) is 6.69. The number of benzene rings is 1. The fraction of sp³-hybridized carbons (Fsp3) is 0.0833. The second-order valence-electron chi connectivity index (χ2n) is 3.58. The van der Waals surface area contributed by atoms with Crippen LogP contribution in [0.2, 0.25) is 5.15 Å². The molecule has 0 amide bonds. The quantitative estimate of drug-likeness (QED) is 0.752. The van der Waals surface area contributed by atoms with Crippen molar-refractivity contribution in [2.75, 3.05) is 12.8 Å². The number of halogens is 3. The van der Waals surface area contributed by atoms with Gasteiger partial charge in [-0.05, 0) is 50.1 Å². The number of rotatable bonds is 3. The summed E-state index contributed by atoms with van der Waals surface area (Å²) in [6.45, 7) is 0. The van der Waals surface area contributed by atoms with E-state index in [0.29, 0.717) is 23.1 Å². The van der Waals surface area contributed by atoms with Gasteiger partial charge in [-0.3, -0.25) is 0 Å². The highest BCUT2D eigenvalue weighted by Gasteiger charge is 2.10. The first-order valence-electron chi connectivity index (χ1n) is 5.13. The van der Waals surface area contributed by atoms with Crippen molar-refractivity contribution in [2.24, 2.45) is 0 Å². The van der Waals surface area contributed by atoms with Crippen molar-refractivity contribution in [1.82, 2.24) is 4.98 Å². The third-order valence-corrected chi connectivity index (χ3v) is 3.65. The molecule has 100 valence electrons. The summed E-state index contributed by atoms with van der Waals surface area (Å²) >= 11 is 12.6. The first kappa shape index (κ1) is 14.4. The van der Waals surface area contributed by atoms with Gasteiger partial charge in [0.1, 0.15) is 16.7 Å². The molecule has 0 radical (unpaired) electrons. The first-order valence-corrected chi connectivity index (χ1v) is 7.10. The minimum Gasteiger partial charge on any atom is -0.496 e. The minimum atomic E-state index is 0.277. The van der Waals surface area contributed by atoms with E-state index in [0.717, 1.165) is 8.95 Å². The molecule has 0 aliphatic carbocycles. The van der Waals surface area contributed by atoms with Gasteiger partial charge in [-0.1, -0.05) is 11.6 Å². The monoisotopic (exact) mass is 406 g/mol. The molecule has 0 bridgehead atoms. The highest BCUT2D eigenvalue weighted by atomic mass is 79.9. The molecule has 2 rings (SSSR count). The van der Waals surface area contributed by atoms with E-state index in [2.05, 4.69) is 36.8 Å². The zero-order valence-corrected chi connectivity index (χ0v) is 13.7. The second kappa shape index (κ2) is 5.98. The number of anilines is 1. The number of methoxy groups -OCH3 is 1. The van der Waals surface area contributed by atoms with E-state index in [-0.39, 0.29) is 5.15 Å². The zero-order chi connectivity index (χ0) is 14.0. The lowest BCUT2D eigenvalue weighted by molar-refractivity contribution is 0.408. The molecule has 0 aliphatic rings. The van der Waals surface area contributed by atoms with Crippen molar-refractivity contribution < 1.29 is 9.47 Å². The molecule has 0 saturated heterocycles. The van der Waals surface area contributed by atoms with E-state index < -0.39 is 0 Å². The highest BCUT2D eigenvalue weighted by Crippen LogP contribution is 2.38. The molecule has 0 aliphatic heterocycles. The third kappa shape index (κ3) is 3.52. The summed E-state index contributed by atoms with van der Waals surface area (Å²) in [6.07, 6.45) is 0. The smallest absolute Gasteiger partial charge is 0.222 e. The molecule has 19 heavy (non-hydrogen) atoms. The molecule has 0 atom stereocenters. The maximum absolute atomic E-state index is 5.82. The summed E-state index contributed by atoms with van der Waals surface area (Å²) < 4.78 is 12.3. The van der Waals surface area contributed by atoms with E-state index in [1.54, 1.807) is 31.4 Å². The molecule has 0 spiro atoms. The highest BCUT2D eigenvalue weighted by molar-refractivity contribution is 9.11. The van der Waals surface area contributed by atoms with Gasteiger partial charge in [0.15, 0.2) is 0 Å². The molecule has 0 fully saturated rings. The fourth-order valence-corrected chi connectivity index (χ4v) is 2.50. The Hall–Kier alpha value is -0.980. The van der Waals surface area contributed by atoms with Crippen molar-refractivity contribution in [2.45, 2.75) is 0 Å². The van der Waals surface area contributed by atoms with Gasteiger partial charge >= 0.3 is 0 Å². The Labute approximate surface area is 132 Å². The van der Waals surface area contributed by atoms with Crippen molar-refractivity contribution in [3.63, 3.8) is 0 Å². The maximum atomic E-state index is 5.82. The number of nitrogens with two attached hydrogens (primary N) is 1. The van der Waals surface area contributed by atoms with Crippen LogP contribution in [0.5, 0.6) is 17.4 Å². The normalized spacial score (nSPS) is 10.3. The molecule has 1 aromatic carbocycles. The summed E-state index contributed by atoms with van der Waals surface area (Å²) in [4.78, 5) is 4.04. The summed E-state index contributed by atoms with van der Waals surface area (Å²) in [5, 5.41) is 0.277. The molecule has 7 heteroatoms. The molecular weight excluding hydrogens is 399 g/mol. The van der Waals surface area contributed by atoms with Gasteiger partial charge < -0.3 is 15.2 Å². The number of nitrogen functional groups attached to an aromatic ring is 1. The average Bonchev–Trinajstić information content (AvgIpc) is 2.32. The molecule has 2 aromatic rings. The van der Waals surface area contributed by atoms with E-state index in [1.807, 2.05) is 0 Å². The fourth-order valence-electron chi connectivity index (χ4n) is 1.40. The molecule has 0 unspecified atom stereocenters. The number of nitrogens with zero attached hydrogens (tertiary/aromatic N) is 1. The number of hydrogen-bond donors (Lipinski definition) is 1. The Kier molecular flexibility index (Phi) is 4.54. The standard InChI is InChI=1S/C12H9Br2ClN2O2/c1-18-9-4-8(14)10(5-7(9)13)19-12-3-6(16)2-11(15)17-12/h2-5H,1H3,(H2,16,17). The van der Waals surface area contributed by atoms with Crippen molar-refractivity contribution >= 4 is 49.1 Å². The lowest BCUT2D eigenvalue weighted by Crippen LogP contribution is -1.93. The van der Waals surface area contributed by atoms with Gasteiger partial charge in [-0.25, -0.2) is 4.98 Å². The predicted molar refractivity (Wildman–Crippen MR) is 82.1 cm³/mol. The largest absolute Gasteiger partial charge is 0.496 e. The van der Waals surface area contributed by atoms with Crippen LogP contribution < -0.4 is 15.2 Å². The summed E-state index contributed by atoms with van der Waals surface area (Å²) in [5.74, 6) is 1.59. The van der Waals surface area contributed by atoms with Crippen LogP contribution in [0.1, 0.15) is 0 Å². The van der Waals surface area contributed by atoms with Crippen molar-refractivity contribution in [3.8, 4) is 17.4 Å². The lowest BCUT2D eigenvalue weighted by atomic mass is 10.3. The Morgan fingerprint density at radius 2 is 1.74 bits per heavy atom. The Morgan fingerprint density at radius 1 is 1.11 bits per heavy atom. The topological polar surface area (TPSA) is 57.4 Å². The second-order valence-corrected chi connectivity index (χ2v) is 5.68. The van der Waals surface area contributed by atoms with Crippen LogP contribution in [0.15, 0.2) is 33.2 Å². The number of pyridine rings is 1. The lowest BCUT2D eigenvalue weighted by Gasteiger charge is -2.10. The molecule has 1 aromatic heterocycles. The first-order chi connectivity index (χ1) is 8.99. The zero-order valence-electron chi connectivity index (χ0n) is 9.78. The minimum absolute atomic E-state index is 0.277. The van der Waals surface area contributed by atoms with E-state index in [1.165, 1.54) is 0 Å². The van der Waals surface area contributed by atoms with Crippen LogP contribution in [0.4, 0.5) is 5.69 Å². The SMILES string of the molecule is COc1cc(Br)c(Oc2cc(N)cc(Cl)n2)cc1Br. The maximum Gasteiger partial charge on any atom is 0.222 e. The summed E-state index contributed by atoms with van der Waals surface area (Å²) in [5.41, 5.74) is 6.17. The van der Waals surface area contributed by atoms with Crippen LogP contribution in [-0.2, 0) is 0 Å². The Bertz CT molecular complexity index is 603. The molecule has 4 nitrogen and oxygen atoms in total. The van der Waals surface area contributed by atoms with E-state index in [4.69, 9.17) is 26.8 Å². The van der Waals surface area contributed by atoms with Gasteiger partial charge in [0, 0.05) is 11.8 Å². The molecule has 2 N–H and O–H groups in total.